The van der Waals surface area contributed by atoms with E-state index in [0.717, 1.165) is 31.9 Å². The molecule has 0 aromatic heterocycles. The number of hydrogen-bond acceptors (Lipinski definition) is 2. The van der Waals surface area contributed by atoms with E-state index in [1.807, 2.05) is 0 Å². The Morgan fingerprint density at radius 3 is 1.36 bits per heavy atom. The van der Waals surface area contributed by atoms with Crippen LogP contribution in [0.1, 0.15) is 85.9 Å². The Bertz CT molecular complexity index is 645. The first-order chi connectivity index (χ1) is 12.8. The highest BCUT2D eigenvalue weighted by Crippen LogP contribution is 2.57. The van der Waals surface area contributed by atoms with Gasteiger partial charge in [-0.2, -0.15) is 0 Å². The Balaban J connectivity index is 3.82. The Morgan fingerprint density at radius 2 is 1.11 bits per heavy atom. The summed E-state index contributed by atoms with van der Waals surface area (Å²) in [5, 5.41) is 0. The Morgan fingerprint density at radius 1 is 0.786 bits per heavy atom. The fraction of sp³-hybridized carbons (Fsp3) is 0.739. The van der Waals surface area contributed by atoms with Crippen LogP contribution in [0.5, 0.6) is 5.75 Å². The molecule has 1 rings (SSSR count). The molecule has 1 aromatic carbocycles. The van der Waals surface area contributed by atoms with E-state index in [0.29, 0.717) is 0 Å². The van der Waals surface area contributed by atoms with E-state index in [-0.39, 0.29) is 10.8 Å². The van der Waals surface area contributed by atoms with Gasteiger partial charge >= 0.3 is 0 Å². The van der Waals surface area contributed by atoms with Crippen LogP contribution in [0, 0.1) is 6.92 Å². The van der Waals surface area contributed by atoms with Crippen molar-refractivity contribution in [2.45, 2.75) is 87.0 Å². The van der Waals surface area contributed by atoms with Gasteiger partial charge in [-0.15, -0.1) is 0 Å². The third-order valence-electron chi connectivity index (χ3n) is 5.23. The van der Waals surface area contributed by atoms with Gasteiger partial charge < -0.3 is 4.52 Å². The normalized spacial score (nSPS) is 13.5. The molecule has 0 fully saturated rings. The molecule has 0 saturated carbocycles. The summed E-state index contributed by atoms with van der Waals surface area (Å²) in [5.74, 6) is 1.01. The number of nitrogens with zero attached hydrogens (tertiary/aromatic N) is 2. The number of benzene rings is 1. The summed E-state index contributed by atoms with van der Waals surface area (Å²) in [6.07, 6.45) is 0. The lowest BCUT2D eigenvalue weighted by Crippen LogP contribution is -2.35. The van der Waals surface area contributed by atoms with Crippen LogP contribution < -0.4 is 4.52 Å². The maximum absolute atomic E-state index is 7.04. The molecule has 0 aliphatic heterocycles. The Hall–Kier alpha value is -0.410. The van der Waals surface area contributed by atoms with Gasteiger partial charge in [0.2, 0.25) is 0 Å². The number of aryl methyl sites for hydroxylation is 1. The van der Waals surface area contributed by atoms with Gasteiger partial charge in [-0.1, -0.05) is 86.9 Å². The predicted molar refractivity (Wildman–Crippen MR) is 129 cm³/mol. The molecule has 0 heterocycles. The monoisotopic (exact) mass is 426 g/mol. The molecule has 0 atom stereocenters. The third-order valence-corrected chi connectivity index (χ3v) is 9.83. The van der Waals surface area contributed by atoms with Crippen LogP contribution in [0.25, 0.3) is 0 Å². The van der Waals surface area contributed by atoms with Crippen molar-refractivity contribution in [2.24, 2.45) is 0 Å². The minimum atomic E-state index is -2.37. The molecule has 5 heteroatoms. The SMILES string of the molecule is CCN(CC)P(=S)(Oc1c(C(C)(C)C)cc(C)cc1C(C)(C)C)N(CC)CC. The summed E-state index contributed by atoms with van der Waals surface area (Å²) in [6, 6.07) is 4.57. The van der Waals surface area contributed by atoms with Crippen molar-refractivity contribution < 1.29 is 4.52 Å². The maximum atomic E-state index is 7.04. The predicted octanol–water partition coefficient (Wildman–Crippen LogP) is 6.88. The van der Waals surface area contributed by atoms with Crippen molar-refractivity contribution in [1.82, 2.24) is 9.34 Å². The summed E-state index contributed by atoms with van der Waals surface area (Å²) >= 11 is 6.36. The highest BCUT2D eigenvalue weighted by Gasteiger charge is 2.36. The zero-order valence-corrected chi connectivity index (χ0v) is 21.9. The minimum Gasteiger partial charge on any atom is -0.440 e. The van der Waals surface area contributed by atoms with Crippen molar-refractivity contribution >= 4 is 18.4 Å². The van der Waals surface area contributed by atoms with Gasteiger partial charge in [-0.3, -0.25) is 0 Å². The molecule has 0 bridgehead atoms. The minimum absolute atomic E-state index is 0.0198. The first-order valence-corrected chi connectivity index (χ1v) is 13.3. The Labute approximate surface area is 180 Å². The van der Waals surface area contributed by atoms with Crippen LogP contribution >= 0.6 is 6.57 Å². The summed E-state index contributed by atoms with van der Waals surface area (Å²) in [6.45, 7) is 25.7. The van der Waals surface area contributed by atoms with Crippen LogP contribution in [0.3, 0.4) is 0 Å². The molecular weight excluding hydrogens is 383 g/mol. The van der Waals surface area contributed by atoms with E-state index >= 15 is 0 Å². The first-order valence-electron chi connectivity index (χ1n) is 10.7. The van der Waals surface area contributed by atoms with E-state index in [2.05, 4.69) is 97.6 Å². The van der Waals surface area contributed by atoms with Crippen LogP contribution in [0.4, 0.5) is 0 Å². The smallest absolute Gasteiger partial charge is 0.253 e. The van der Waals surface area contributed by atoms with Crippen molar-refractivity contribution in [3.63, 3.8) is 0 Å². The van der Waals surface area contributed by atoms with E-state index in [1.165, 1.54) is 16.7 Å². The first kappa shape index (κ1) is 25.6. The summed E-state index contributed by atoms with van der Waals surface area (Å²) in [4.78, 5) is 0. The van der Waals surface area contributed by atoms with Crippen LogP contribution in [0.2, 0.25) is 0 Å². The van der Waals surface area contributed by atoms with Crippen LogP contribution in [0.15, 0.2) is 12.1 Å². The standard InChI is InChI=1S/C23H43N2OPS/c1-12-24(13-2)27(28,25(14-3)15-4)26-21-19(22(6,7)8)16-18(5)17-20(21)23(9,10)11/h16-17H,12-15H2,1-11H3. The van der Waals surface area contributed by atoms with E-state index in [9.17, 15) is 0 Å². The van der Waals surface area contributed by atoms with Gasteiger partial charge in [-0.05, 0) is 29.6 Å². The lowest BCUT2D eigenvalue weighted by atomic mass is 9.78. The average Bonchev–Trinajstić information content (AvgIpc) is 2.56. The second kappa shape index (κ2) is 9.60. The average molecular weight is 427 g/mol. The molecule has 1 aromatic rings. The van der Waals surface area contributed by atoms with Gasteiger partial charge in [0.15, 0.2) is 0 Å². The second-order valence-corrected chi connectivity index (χ2v) is 13.3. The quantitative estimate of drug-likeness (QED) is 0.421. The van der Waals surface area contributed by atoms with Crippen molar-refractivity contribution in [2.75, 3.05) is 26.2 Å². The van der Waals surface area contributed by atoms with Gasteiger partial charge in [-0.25, -0.2) is 9.34 Å². The topological polar surface area (TPSA) is 15.7 Å². The van der Waals surface area contributed by atoms with Crippen LogP contribution in [-0.4, -0.2) is 35.5 Å². The second-order valence-electron chi connectivity index (χ2n) is 9.55. The molecule has 0 radical (unpaired) electrons. The van der Waals surface area contributed by atoms with Gasteiger partial charge in [0.05, 0.1) is 0 Å². The van der Waals surface area contributed by atoms with Crippen molar-refractivity contribution in [1.29, 1.82) is 0 Å². The molecular formula is C23H43N2OPS. The molecule has 0 aliphatic rings. The third kappa shape index (κ3) is 5.59. The van der Waals surface area contributed by atoms with Gasteiger partial charge in [0.1, 0.15) is 5.75 Å². The zero-order valence-electron chi connectivity index (χ0n) is 20.1. The lowest BCUT2D eigenvalue weighted by Gasteiger charge is -2.42. The largest absolute Gasteiger partial charge is 0.440 e. The maximum Gasteiger partial charge on any atom is 0.253 e. The van der Waals surface area contributed by atoms with Crippen LogP contribution in [-0.2, 0) is 22.6 Å². The van der Waals surface area contributed by atoms with Gasteiger partial charge in [0.25, 0.3) is 6.57 Å². The highest BCUT2D eigenvalue weighted by molar-refractivity contribution is 8.10. The molecule has 0 saturated heterocycles. The number of rotatable bonds is 8. The fourth-order valence-electron chi connectivity index (χ4n) is 3.56. The molecule has 28 heavy (non-hydrogen) atoms. The lowest BCUT2D eigenvalue weighted by molar-refractivity contribution is 0.350. The summed E-state index contributed by atoms with van der Waals surface area (Å²) < 4.78 is 11.7. The molecule has 0 N–H and O–H groups in total. The molecule has 3 nitrogen and oxygen atoms in total. The summed E-state index contributed by atoms with van der Waals surface area (Å²) in [5.41, 5.74) is 3.75. The molecule has 0 unspecified atom stereocenters. The van der Waals surface area contributed by atoms with E-state index in [1.54, 1.807) is 0 Å². The fourth-order valence-corrected chi connectivity index (χ4v) is 7.62. The van der Waals surface area contributed by atoms with Crippen molar-refractivity contribution in [3.8, 4) is 5.75 Å². The zero-order chi connectivity index (χ0) is 21.9. The molecule has 162 valence electrons. The molecule has 0 aliphatic carbocycles. The van der Waals surface area contributed by atoms with Gasteiger partial charge in [0, 0.05) is 37.3 Å². The molecule has 0 amide bonds. The van der Waals surface area contributed by atoms with E-state index in [4.69, 9.17) is 16.3 Å². The highest BCUT2D eigenvalue weighted by atomic mass is 32.5. The summed E-state index contributed by atoms with van der Waals surface area (Å²) in [7, 11) is 0. The Kier molecular flexibility index (Phi) is 8.79. The molecule has 0 spiro atoms. The van der Waals surface area contributed by atoms with E-state index < -0.39 is 6.57 Å². The van der Waals surface area contributed by atoms with Crippen molar-refractivity contribution in [3.05, 3.63) is 28.8 Å². The number of hydrogen-bond donors (Lipinski definition) is 0.